The zero-order chi connectivity index (χ0) is 26.6. The second kappa shape index (κ2) is 11.9. The van der Waals surface area contributed by atoms with Crippen molar-refractivity contribution in [3.05, 3.63) is 52.7 Å². The van der Waals surface area contributed by atoms with E-state index >= 15 is 0 Å². The van der Waals surface area contributed by atoms with Crippen LogP contribution in [0.25, 0.3) is 16.4 Å². The number of thiazole rings is 1. The van der Waals surface area contributed by atoms with Crippen LogP contribution >= 0.6 is 22.9 Å². The molecule has 2 fully saturated rings. The molecule has 0 bridgehead atoms. The fourth-order valence-electron chi connectivity index (χ4n) is 4.85. The van der Waals surface area contributed by atoms with Crippen LogP contribution in [0.1, 0.15) is 24.0 Å². The molecule has 3 aromatic heterocycles. The first kappa shape index (κ1) is 26.1. The molecule has 1 aromatic carbocycles. The van der Waals surface area contributed by atoms with Crippen LogP contribution in [0.15, 0.2) is 36.5 Å². The van der Waals surface area contributed by atoms with Gasteiger partial charge in [-0.1, -0.05) is 35.1 Å². The molecule has 0 saturated carbocycles. The number of piperidine rings is 1. The van der Waals surface area contributed by atoms with Gasteiger partial charge in [-0.05, 0) is 60.8 Å². The van der Waals surface area contributed by atoms with Gasteiger partial charge in [0.25, 0.3) is 0 Å². The van der Waals surface area contributed by atoms with Gasteiger partial charge < -0.3 is 20.7 Å². The Morgan fingerprint density at radius 1 is 1.21 bits per heavy atom. The van der Waals surface area contributed by atoms with Crippen molar-refractivity contribution in [1.29, 1.82) is 0 Å². The fraction of sp³-hybridized carbons (Fsp3) is 0.423. The van der Waals surface area contributed by atoms with Gasteiger partial charge in [0.05, 0.1) is 29.3 Å². The number of aryl methyl sites for hydroxylation is 1. The van der Waals surface area contributed by atoms with E-state index in [4.69, 9.17) is 21.3 Å². The number of nitrogens with one attached hydrogen (secondary N) is 3. The lowest BCUT2D eigenvalue weighted by Gasteiger charge is -2.27. The first-order valence-electron chi connectivity index (χ1n) is 13.2. The van der Waals surface area contributed by atoms with E-state index in [1.165, 1.54) is 21.7 Å². The predicted octanol–water partition coefficient (Wildman–Crippen LogP) is 3.88. The van der Waals surface area contributed by atoms with Crippen LogP contribution in [0, 0.1) is 6.92 Å². The first-order chi connectivity index (χ1) is 19.1. The number of halogens is 1. The second-order valence-corrected chi connectivity index (χ2v) is 11.2. The molecule has 11 nitrogen and oxygen atoms in total. The van der Waals surface area contributed by atoms with Crippen molar-refractivity contribution in [2.75, 3.05) is 50.0 Å². The zero-order valence-corrected chi connectivity index (χ0v) is 23.3. The van der Waals surface area contributed by atoms with Crippen molar-refractivity contribution in [2.45, 2.75) is 32.4 Å². The van der Waals surface area contributed by atoms with E-state index in [0.29, 0.717) is 22.0 Å². The predicted molar refractivity (Wildman–Crippen MR) is 153 cm³/mol. The standard InChI is InChI=1S/C26H31ClN10OS/c1-17-4-2-6-20(27)24(17)37-34-25(33-35-37)21-15-29-26(39-21)32-23-13-18(16-36-8-10-38-11-9-36)12-22(31-23)30-19-5-3-7-28-14-19/h2,4,6,12-13,15,19,28H,3,5,7-11,14,16H2,1H3,(H2,29,30,31,32)/t19-/m0/s1. The molecule has 5 heterocycles. The van der Waals surface area contributed by atoms with Crippen molar-refractivity contribution >= 4 is 39.7 Å². The highest BCUT2D eigenvalue weighted by atomic mass is 35.5. The summed E-state index contributed by atoms with van der Waals surface area (Å²) in [6, 6.07) is 10.3. The molecular formula is C26H31ClN10OS. The molecule has 2 saturated heterocycles. The van der Waals surface area contributed by atoms with Crippen LogP contribution in [0.3, 0.4) is 0 Å². The van der Waals surface area contributed by atoms with E-state index in [-0.39, 0.29) is 0 Å². The Labute approximate surface area is 235 Å². The summed E-state index contributed by atoms with van der Waals surface area (Å²) in [6.45, 7) is 8.22. The minimum atomic E-state index is 0.361. The molecule has 0 spiro atoms. The maximum absolute atomic E-state index is 6.39. The van der Waals surface area contributed by atoms with Gasteiger partial charge in [0, 0.05) is 32.2 Å². The summed E-state index contributed by atoms with van der Waals surface area (Å²) in [5.74, 6) is 2.10. The fourth-order valence-corrected chi connectivity index (χ4v) is 5.89. The smallest absolute Gasteiger partial charge is 0.216 e. The van der Waals surface area contributed by atoms with E-state index in [0.717, 1.165) is 86.5 Å². The van der Waals surface area contributed by atoms with E-state index in [9.17, 15) is 0 Å². The molecule has 39 heavy (non-hydrogen) atoms. The summed E-state index contributed by atoms with van der Waals surface area (Å²) in [5.41, 5.74) is 2.88. The number of anilines is 3. The van der Waals surface area contributed by atoms with Crippen LogP contribution < -0.4 is 16.0 Å². The summed E-state index contributed by atoms with van der Waals surface area (Å²) < 4.78 is 5.53. The Bertz CT molecular complexity index is 1350. The Kier molecular flexibility index (Phi) is 7.98. The average molecular weight is 567 g/mol. The summed E-state index contributed by atoms with van der Waals surface area (Å²) in [6.07, 6.45) is 4.04. The molecule has 0 aliphatic carbocycles. The number of morpholine rings is 1. The van der Waals surface area contributed by atoms with Gasteiger partial charge in [0.2, 0.25) is 5.82 Å². The van der Waals surface area contributed by atoms with Gasteiger partial charge >= 0.3 is 0 Å². The van der Waals surface area contributed by atoms with Crippen LogP contribution in [-0.2, 0) is 11.3 Å². The molecule has 204 valence electrons. The molecule has 0 radical (unpaired) electrons. The maximum atomic E-state index is 6.39. The minimum absolute atomic E-state index is 0.361. The molecule has 3 N–H and O–H groups in total. The van der Waals surface area contributed by atoms with Crippen LogP contribution in [0.5, 0.6) is 0 Å². The third-order valence-corrected chi connectivity index (χ3v) is 8.02. The number of ether oxygens (including phenoxy) is 1. The summed E-state index contributed by atoms with van der Waals surface area (Å²) in [4.78, 5) is 14.1. The summed E-state index contributed by atoms with van der Waals surface area (Å²) in [7, 11) is 0. The van der Waals surface area contributed by atoms with Crippen LogP contribution in [0.2, 0.25) is 5.02 Å². The number of tetrazole rings is 1. The summed E-state index contributed by atoms with van der Waals surface area (Å²) in [5, 5.41) is 24.8. The quantitative estimate of drug-likeness (QED) is 0.290. The number of aromatic nitrogens is 6. The summed E-state index contributed by atoms with van der Waals surface area (Å²) >= 11 is 7.84. The number of hydrogen-bond donors (Lipinski definition) is 3. The first-order valence-corrected chi connectivity index (χ1v) is 14.4. The molecule has 2 aliphatic heterocycles. The highest BCUT2D eigenvalue weighted by Crippen LogP contribution is 2.30. The van der Waals surface area contributed by atoms with E-state index in [1.807, 2.05) is 25.1 Å². The Balaban J connectivity index is 1.21. The molecule has 0 amide bonds. The number of nitrogens with zero attached hydrogens (tertiary/aromatic N) is 7. The zero-order valence-electron chi connectivity index (χ0n) is 21.7. The van der Waals surface area contributed by atoms with Crippen molar-refractivity contribution < 1.29 is 4.74 Å². The molecule has 4 aromatic rings. The third kappa shape index (κ3) is 6.36. The maximum Gasteiger partial charge on any atom is 0.216 e. The molecule has 13 heteroatoms. The van der Waals surface area contributed by atoms with E-state index < -0.39 is 0 Å². The highest BCUT2D eigenvalue weighted by Gasteiger charge is 2.18. The molecule has 1 atom stereocenters. The number of pyridine rings is 1. The van der Waals surface area contributed by atoms with Crippen LogP contribution in [0.4, 0.5) is 16.8 Å². The van der Waals surface area contributed by atoms with Gasteiger partial charge in [-0.15, -0.1) is 15.0 Å². The van der Waals surface area contributed by atoms with Gasteiger partial charge in [-0.25, -0.2) is 9.97 Å². The lowest BCUT2D eigenvalue weighted by Crippen LogP contribution is -2.38. The number of rotatable bonds is 8. The van der Waals surface area contributed by atoms with Gasteiger partial charge in [0.15, 0.2) is 5.13 Å². The number of benzene rings is 1. The Morgan fingerprint density at radius 2 is 2.08 bits per heavy atom. The monoisotopic (exact) mass is 566 g/mol. The largest absolute Gasteiger partial charge is 0.379 e. The lowest BCUT2D eigenvalue weighted by atomic mass is 10.1. The second-order valence-electron chi connectivity index (χ2n) is 9.78. The third-order valence-electron chi connectivity index (χ3n) is 6.81. The molecule has 6 rings (SSSR count). The normalized spacial score (nSPS) is 18.3. The Hall–Kier alpha value is -3.16. The van der Waals surface area contributed by atoms with Crippen molar-refractivity contribution in [1.82, 2.24) is 40.4 Å². The van der Waals surface area contributed by atoms with Crippen molar-refractivity contribution in [3.63, 3.8) is 0 Å². The average Bonchev–Trinajstić information content (AvgIpc) is 3.60. The number of hydrogen-bond acceptors (Lipinski definition) is 11. The van der Waals surface area contributed by atoms with Gasteiger partial charge in [0.1, 0.15) is 17.3 Å². The lowest BCUT2D eigenvalue weighted by molar-refractivity contribution is 0.0342. The highest BCUT2D eigenvalue weighted by molar-refractivity contribution is 7.18. The molecule has 2 aliphatic rings. The SMILES string of the molecule is Cc1cccc(Cl)c1-n1nnc(-c2cnc(Nc3cc(CN4CCOCC4)cc(N[C@H]4CCCNC4)n3)s2)n1. The van der Waals surface area contributed by atoms with Crippen molar-refractivity contribution in [3.8, 4) is 16.4 Å². The van der Waals surface area contributed by atoms with Crippen molar-refractivity contribution in [2.24, 2.45) is 0 Å². The minimum Gasteiger partial charge on any atom is -0.379 e. The van der Waals surface area contributed by atoms with Gasteiger partial charge in [-0.2, -0.15) is 0 Å². The number of para-hydroxylation sites is 1. The molecule has 0 unspecified atom stereocenters. The molecular weight excluding hydrogens is 536 g/mol. The topological polar surface area (TPSA) is 118 Å². The van der Waals surface area contributed by atoms with Gasteiger partial charge in [-0.3, -0.25) is 4.90 Å². The van der Waals surface area contributed by atoms with E-state index in [2.05, 4.69) is 53.4 Å². The van der Waals surface area contributed by atoms with Crippen LogP contribution in [-0.4, -0.2) is 80.5 Å². The van der Waals surface area contributed by atoms with E-state index in [1.54, 1.807) is 6.20 Å². The Morgan fingerprint density at radius 3 is 2.90 bits per heavy atom.